The first-order chi connectivity index (χ1) is 22.1. The molecule has 16 heteroatoms. The number of carbonyl (C=O) groups is 2. The molecule has 10 nitrogen and oxygen atoms in total. The van der Waals surface area contributed by atoms with Crippen LogP contribution in [0.2, 0.25) is 0 Å². The number of nitrogen functional groups attached to an aromatic ring is 1. The van der Waals surface area contributed by atoms with Crippen molar-refractivity contribution < 1.29 is 50.1 Å². The Bertz CT molecular complexity index is 1860. The summed E-state index contributed by atoms with van der Waals surface area (Å²) in [4.78, 5) is 28.8. The second kappa shape index (κ2) is 12.7. The molecular weight excluding hydrogens is 636 g/mol. The predicted octanol–water partition coefficient (Wildman–Crippen LogP) is 5.71. The van der Waals surface area contributed by atoms with Gasteiger partial charge in [-0.3, -0.25) is 5.41 Å². The van der Waals surface area contributed by atoms with Crippen LogP contribution in [0.5, 0.6) is 17.2 Å². The summed E-state index contributed by atoms with van der Waals surface area (Å²) in [6, 6.07) is 11.3. The number of nitrogens with one attached hydrogen (secondary N) is 2. The zero-order valence-corrected chi connectivity index (χ0v) is 25.0. The zero-order valence-electron chi connectivity index (χ0n) is 25.0. The molecule has 47 heavy (non-hydrogen) atoms. The molecule has 1 aromatic heterocycles. The molecule has 0 radical (unpaired) electrons. The molecule has 0 saturated carbocycles. The van der Waals surface area contributed by atoms with Gasteiger partial charge in [0.05, 0.1) is 5.52 Å². The first-order valence-electron chi connectivity index (χ1n) is 14.4. The third kappa shape index (κ3) is 6.96. The largest absolute Gasteiger partial charge is 0.491 e. The van der Waals surface area contributed by atoms with Crippen molar-refractivity contribution in [1.29, 1.82) is 5.41 Å². The number of amidine groups is 1. The Morgan fingerprint density at radius 2 is 1.60 bits per heavy atom. The predicted molar refractivity (Wildman–Crippen MR) is 158 cm³/mol. The second-order valence-electron chi connectivity index (χ2n) is 11.2. The van der Waals surface area contributed by atoms with E-state index in [1.54, 1.807) is 50.2 Å². The first-order valence-corrected chi connectivity index (χ1v) is 14.4. The molecule has 0 amide bonds. The van der Waals surface area contributed by atoms with Gasteiger partial charge in [0.2, 0.25) is 11.5 Å². The molecule has 1 aliphatic rings. The minimum absolute atomic E-state index is 0.0312. The molecule has 0 aliphatic carbocycles. The highest BCUT2D eigenvalue weighted by Gasteiger charge is 2.45. The van der Waals surface area contributed by atoms with E-state index in [4.69, 9.17) is 25.4 Å². The maximum absolute atomic E-state index is 13.5. The molecule has 4 N–H and O–H groups in total. The van der Waals surface area contributed by atoms with Crippen LogP contribution in [0, 0.1) is 5.41 Å². The van der Waals surface area contributed by atoms with Gasteiger partial charge < -0.3 is 29.8 Å². The number of nitrogens with two attached hydrogens (primary N) is 1. The lowest BCUT2D eigenvalue weighted by molar-refractivity contribution is -0.190. The lowest BCUT2D eigenvalue weighted by Crippen LogP contribution is -2.35. The van der Waals surface area contributed by atoms with Crippen LogP contribution in [0.3, 0.4) is 0 Å². The number of hydrogen-bond acceptors (Lipinski definition) is 8. The number of nitrogens with zero attached hydrogens (tertiary/aromatic N) is 2. The average molecular weight is 666 g/mol. The first kappa shape index (κ1) is 33.5. The molecule has 4 aromatic rings. The van der Waals surface area contributed by atoms with Crippen LogP contribution in [-0.2, 0) is 16.1 Å². The summed E-state index contributed by atoms with van der Waals surface area (Å²) in [5.74, 6) is -8.32. The van der Waals surface area contributed by atoms with Gasteiger partial charge in [-0.05, 0) is 42.3 Å². The SMILES string of the molecule is CC(C)c1nc2c(OC(=O)C(F)(F)F)c(OC3CCNCC3)c(OC(=O)C(F)(F)F)cc2n1Cc1ccc(C(=N)N)c2ccccc12. The van der Waals surface area contributed by atoms with Crippen molar-refractivity contribution in [3.05, 3.63) is 59.4 Å². The summed E-state index contributed by atoms with van der Waals surface area (Å²) in [5.41, 5.74) is 6.43. The van der Waals surface area contributed by atoms with E-state index in [2.05, 4.69) is 10.3 Å². The summed E-state index contributed by atoms with van der Waals surface area (Å²) in [5, 5.41) is 12.3. The monoisotopic (exact) mass is 665 g/mol. The molecule has 1 aliphatic heterocycles. The highest BCUT2D eigenvalue weighted by Crippen LogP contribution is 2.47. The topological polar surface area (TPSA) is 142 Å². The van der Waals surface area contributed by atoms with Crippen LogP contribution in [0.25, 0.3) is 21.8 Å². The van der Waals surface area contributed by atoms with E-state index in [9.17, 15) is 35.9 Å². The molecule has 5 rings (SSSR count). The molecule has 0 bridgehead atoms. The van der Waals surface area contributed by atoms with Gasteiger partial charge >= 0.3 is 24.3 Å². The average Bonchev–Trinajstić information content (AvgIpc) is 3.36. The van der Waals surface area contributed by atoms with Crippen molar-refractivity contribution in [2.24, 2.45) is 5.73 Å². The van der Waals surface area contributed by atoms with Crippen LogP contribution in [-0.4, -0.2) is 58.9 Å². The molecule has 3 aromatic carbocycles. The van der Waals surface area contributed by atoms with E-state index >= 15 is 0 Å². The van der Waals surface area contributed by atoms with Crippen LogP contribution >= 0.6 is 0 Å². The number of fused-ring (bicyclic) bond motifs is 2. The number of ether oxygens (including phenoxy) is 3. The van der Waals surface area contributed by atoms with E-state index in [0.717, 1.165) is 6.07 Å². The van der Waals surface area contributed by atoms with Gasteiger partial charge in [-0.2, -0.15) is 26.3 Å². The summed E-state index contributed by atoms with van der Waals surface area (Å²) >= 11 is 0. The van der Waals surface area contributed by atoms with Gasteiger partial charge in [0.1, 0.15) is 23.3 Å². The number of rotatable bonds is 8. The lowest BCUT2D eigenvalue weighted by atomic mass is 9.98. The maximum atomic E-state index is 13.5. The maximum Gasteiger partial charge on any atom is 0.491 e. The van der Waals surface area contributed by atoms with Crippen LogP contribution < -0.4 is 25.3 Å². The Morgan fingerprint density at radius 3 is 2.19 bits per heavy atom. The molecular formula is C31H29F6N5O5. The Balaban J connectivity index is 1.79. The van der Waals surface area contributed by atoms with E-state index < -0.39 is 53.6 Å². The number of esters is 2. The number of alkyl halides is 6. The number of piperidine rings is 1. The fourth-order valence-electron chi connectivity index (χ4n) is 5.39. The fraction of sp³-hybridized carbons (Fsp3) is 0.355. The van der Waals surface area contributed by atoms with E-state index in [-0.39, 0.29) is 29.2 Å². The van der Waals surface area contributed by atoms with E-state index in [1.165, 1.54) is 4.57 Å². The standard InChI is InChI=1S/C31H29F6N5O5/c1-15(2)27-41-23-21(42(27)14-16-7-8-20(26(38)39)19-6-4-3-5-18(16)19)13-22(46-28(43)30(32,33)34)24(45-17-9-11-40-12-10-17)25(23)47-29(44)31(35,36)37/h3-8,13,15,17,40H,9-12,14H2,1-2H3,(H3,38,39). The van der Waals surface area contributed by atoms with E-state index in [1.807, 2.05) is 0 Å². The highest BCUT2D eigenvalue weighted by atomic mass is 19.4. The van der Waals surface area contributed by atoms with Crippen molar-refractivity contribution in [1.82, 2.24) is 14.9 Å². The summed E-state index contributed by atoms with van der Waals surface area (Å²) in [6.45, 7) is 4.27. The number of benzene rings is 3. The molecule has 0 unspecified atom stereocenters. The van der Waals surface area contributed by atoms with Crippen molar-refractivity contribution in [3.63, 3.8) is 0 Å². The Kier molecular flexibility index (Phi) is 9.08. The summed E-state index contributed by atoms with van der Waals surface area (Å²) in [7, 11) is 0. The Labute approximate surface area is 263 Å². The molecule has 1 fully saturated rings. The second-order valence-corrected chi connectivity index (χ2v) is 11.2. The quantitative estimate of drug-likeness (QED) is 0.0715. The van der Waals surface area contributed by atoms with Gasteiger partial charge in [0.15, 0.2) is 5.75 Å². The third-order valence-electron chi connectivity index (χ3n) is 7.53. The number of imidazole rings is 1. The Hall–Kier alpha value is -4.86. The van der Waals surface area contributed by atoms with Gasteiger partial charge in [-0.25, -0.2) is 14.6 Å². The number of carbonyl (C=O) groups excluding carboxylic acids is 2. The normalized spacial score (nSPS) is 14.5. The minimum Gasteiger partial charge on any atom is -0.483 e. The fourth-order valence-corrected chi connectivity index (χ4v) is 5.39. The van der Waals surface area contributed by atoms with Gasteiger partial charge in [0.25, 0.3) is 0 Å². The molecule has 0 atom stereocenters. The van der Waals surface area contributed by atoms with Crippen molar-refractivity contribution >= 4 is 39.6 Å². The van der Waals surface area contributed by atoms with Crippen LogP contribution in [0.4, 0.5) is 26.3 Å². The van der Waals surface area contributed by atoms with Gasteiger partial charge in [-0.1, -0.05) is 50.2 Å². The summed E-state index contributed by atoms with van der Waals surface area (Å²) in [6.07, 6.45) is -11.1. The Morgan fingerprint density at radius 1 is 0.979 bits per heavy atom. The van der Waals surface area contributed by atoms with Crippen molar-refractivity contribution in [2.75, 3.05) is 13.1 Å². The number of halogens is 6. The highest BCUT2D eigenvalue weighted by molar-refractivity contribution is 6.08. The molecule has 250 valence electrons. The van der Waals surface area contributed by atoms with Gasteiger partial charge in [0, 0.05) is 24.1 Å². The zero-order chi connectivity index (χ0) is 34.3. The molecule has 1 saturated heterocycles. The van der Waals surface area contributed by atoms with Crippen molar-refractivity contribution in [3.8, 4) is 17.2 Å². The number of hydrogen-bond donors (Lipinski definition) is 3. The number of aromatic nitrogens is 2. The smallest absolute Gasteiger partial charge is 0.483 e. The molecule has 0 spiro atoms. The molecule has 2 heterocycles. The van der Waals surface area contributed by atoms with Crippen LogP contribution in [0.15, 0.2) is 42.5 Å². The van der Waals surface area contributed by atoms with Crippen LogP contribution in [0.1, 0.15) is 49.6 Å². The van der Waals surface area contributed by atoms with Gasteiger partial charge in [-0.15, -0.1) is 0 Å². The lowest BCUT2D eigenvalue weighted by Gasteiger charge is -2.26. The minimum atomic E-state index is -5.50. The summed E-state index contributed by atoms with van der Waals surface area (Å²) < 4.78 is 97.7. The van der Waals surface area contributed by atoms with E-state index in [0.29, 0.717) is 47.8 Å². The van der Waals surface area contributed by atoms with Crippen molar-refractivity contribution in [2.45, 2.75) is 57.6 Å². The third-order valence-corrected chi connectivity index (χ3v) is 7.53.